The Morgan fingerprint density at radius 2 is 2.08 bits per heavy atom. The van der Waals surface area contributed by atoms with Crippen molar-refractivity contribution in [3.8, 4) is 0 Å². The first-order valence-corrected chi connectivity index (χ1v) is 4.38. The van der Waals surface area contributed by atoms with Crippen LogP contribution in [0.5, 0.6) is 0 Å². The fourth-order valence-electron chi connectivity index (χ4n) is 1.19. The highest BCUT2D eigenvalue weighted by Crippen LogP contribution is 2.08. The zero-order valence-electron chi connectivity index (χ0n) is 8.13. The van der Waals surface area contributed by atoms with Gasteiger partial charge < -0.3 is 9.32 Å². The molecule has 0 unspecified atom stereocenters. The molecule has 0 bridgehead atoms. The Hall–Kier alpha value is -0.760. The van der Waals surface area contributed by atoms with E-state index in [4.69, 9.17) is 4.42 Å². The Bertz CT molecular complexity index is 227. The third-order valence-electron chi connectivity index (χ3n) is 1.82. The Morgan fingerprint density at radius 3 is 2.58 bits per heavy atom. The lowest BCUT2D eigenvalue weighted by Crippen LogP contribution is -2.13. The lowest BCUT2D eigenvalue weighted by Gasteiger charge is -2.07. The Kier molecular flexibility index (Phi) is 3.35. The van der Waals surface area contributed by atoms with Crippen LogP contribution in [0.3, 0.4) is 0 Å². The normalized spacial score (nSPS) is 11.0. The summed E-state index contributed by atoms with van der Waals surface area (Å²) in [5.74, 6) is 2.12. The van der Waals surface area contributed by atoms with Crippen molar-refractivity contribution < 1.29 is 4.42 Å². The Balaban J connectivity index is 2.24. The van der Waals surface area contributed by atoms with Crippen LogP contribution in [-0.4, -0.2) is 25.5 Å². The average molecular weight is 167 g/mol. The van der Waals surface area contributed by atoms with Crippen molar-refractivity contribution in [1.29, 1.82) is 0 Å². The molecule has 0 amide bonds. The number of furan rings is 1. The quantitative estimate of drug-likeness (QED) is 0.682. The molecule has 0 saturated carbocycles. The van der Waals surface area contributed by atoms with Crippen LogP contribution in [0.25, 0.3) is 0 Å². The molecule has 0 radical (unpaired) electrons. The van der Waals surface area contributed by atoms with Gasteiger partial charge in [-0.1, -0.05) is 0 Å². The molecule has 0 spiro atoms. The van der Waals surface area contributed by atoms with Crippen molar-refractivity contribution in [2.24, 2.45) is 0 Å². The van der Waals surface area contributed by atoms with Gasteiger partial charge in [-0.15, -0.1) is 0 Å². The molecule has 0 aliphatic rings. The van der Waals surface area contributed by atoms with Gasteiger partial charge in [-0.05, 0) is 46.1 Å². The number of nitrogens with zero attached hydrogens (tertiary/aromatic N) is 1. The summed E-state index contributed by atoms with van der Waals surface area (Å²) >= 11 is 0. The van der Waals surface area contributed by atoms with Gasteiger partial charge in [-0.3, -0.25) is 0 Å². The van der Waals surface area contributed by atoms with Crippen LogP contribution in [-0.2, 0) is 6.42 Å². The lowest BCUT2D eigenvalue weighted by atomic mass is 10.2. The molecule has 0 aromatic carbocycles. The van der Waals surface area contributed by atoms with Crippen molar-refractivity contribution in [2.45, 2.75) is 19.8 Å². The molecule has 2 heteroatoms. The first-order chi connectivity index (χ1) is 5.68. The minimum absolute atomic E-state index is 1.01. The molecule has 0 aliphatic heterocycles. The van der Waals surface area contributed by atoms with Gasteiger partial charge >= 0.3 is 0 Å². The van der Waals surface area contributed by atoms with Crippen molar-refractivity contribution >= 4 is 0 Å². The topological polar surface area (TPSA) is 16.4 Å². The van der Waals surface area contributed by atoms with Crippen LogP contribution in [0.1, 0.15) is 17.9 Å². The second-order valence-electron chi connectivity index (χ2n) is 3.42. The molecule has 0 aliphatic carbocycles. The van der Waals surface area contributed by atoms with Gasteiger partial charge in [0.1, 0.15) is 11.5 Å². The monoisotopic (exact) mass is 167 g/mol. The predicted molar refractivity (Wildman–Crippen MR) is 50.3 cm³/mol. The van der Waals surface area contributed by atoms with E-state index in [1.165, 1.54) is 6.42 Å². The van der Waals surface area contributed by atoms with E-state index in [2.05, 4.69) is 25.1 Å². The van der Waals surface area contributed by atoms with Crippen LogP contribution in [0.15, 0.2) is 16.5 Å². The van der Waals surface area contributed by atoms with E-state index in [1.807, 2.05) is 13.0 Å². The lowest BCUT2D eigenvalue weighted by molar-refractivity contribution is 0.387. The standard InChI is InChI=1S/C10H17NO/c1-9-6-7-10(12-9)5-4-8-11(2)3/h6-7H,4-5,8H2,1-3H3. The van der Waals surface area contributed by atoms with E-state index in [9.17, 15) is 0 Å². The maximum atomic E-state index is 5.45. The van der Waals surface area contributed by atoms with Gasteiger partial charge in [0, 0.05) is 6.42 Å². The van der Waals surface area contributed by atoms with Gasteiger partial charge in [0.2, 0.25) is 0 Å². The average Bonchev–Trinajstić information content (AvgIpc) is 2.35. The molecule has 1 heterocycles. The number of hydrogen-bond donors (Lipinski definition) is 0. The van der Waals surface area contributed by atoms with Crippen LogP contribution in [0, 0.1) is 6.92 Å². The highest BCUT2D eigenvalue weighted by atomic mass is 16.3. The summed E-state index contributed by atoms with van der Waals surface area (Å²) in [6.45, 7) is 3.11. The molecule has 0 fully saturated rings. The summed E-state index contributed by atoms with van der Waals surface area (Å²) in [7, 11) is 4.18. The molecular weight excluding hydrogens is 150 g/mol. The molecule has 12 heavy (non-hydrogen) atoms. The third kappa shape index (κ3) is 3.09. The van der Waals surface area contributed by atoms with E-state index in [0.29, 0.717) is 0 Å². The van der Waals surface area contributed by atoms with Gasteiger partial charge in [0.25, 0.3) is 0 Å². The first-order valence-electron chi connectivity index (χ1n) is 4.38. The summed E-state index contributed by atoms with van der Waals surface area (Å²) < 4.78 is 5.45. The van der Waals surface area contributed by atoms with Gasteiger partial charge in [-0.2, -0.15) is 0 Å². The van der Waals surface area contributed by atoms with Crippen molar-refractivity contribution in [3.05, 3.63) is 23.7 Å². The van der Waals surface area contributed by atoms with Crippen molar-refractivity contribution in [1.82, 2.24) is 4.90 Å². The molecule has 68 valence electrons. The summed E-state index contributed by atoms with van der Waals surface area (Å²) in [4.78, 5) is 2.19. The first kappa shape index (κ1) is 9.33. The fourth-order valence-corrected chi connectivity index (χ4v) is 1.19. The molecule has 0 atom stereocenters. The number of rotatable bonds is 4. The largest absolute Gasteiger partial charge is 0.466 e. The molecule has 0 N–H and O–H groups in total. The zero-order valence-corrected chi connectivity index (χ0v) is 8.13. The van der Waals surface area contributed by atoms with Crippen molar-refractivity contribution in [2.75, 3.05) is 20.6 Å². The summed E-state index contributed by atoms with van der Waals surface area (Å²) in [5.41, 5.74) is 0. The maximum Gasteiger partial charge on any atom is 0.104 e. The second-order valence-corrected chi connectivity index (χ2v) is 3.42. The summed E-state index contributed by atoms with van der Waals surface area (Å²) in [6.07, 6.45) is 2.21. The highest BCUT2D eigenvalue weighted by Gasteiger charge is 1.98. The van der Waals surface area contributed by atoms with Gasteiger partial charge in [-0.25, -0.2) is 0 Å². The maximum absolute atomic E-state index is 5.45. The van der Waals surface area contributed by atoms with Gasteiger partial charge in [0.05, 0.1) is 0 Å². The van der Waals surface area contributed by atoms with E-state index in [0.717, 1.165) is 24.5 Å². The fraction of sp³-hybridized carbons (Fsp3) is 0.600. The van der Waals surface area contributed by atoms with Crippen molar-refractivity contribution in [3.63, 3.8) is 0 Å². The van der Waals surface area contributed by atoms with Crippen LogP contribution >= 0.6 is 0 Å². The van der Waals surface area contributed by atoms with E-state index >= 15 is 0 Å². The van der Waals surface area contributed by atoms with Crippen LogP contribution in [0.4, 0.5) is 0 Å². The molecule has 1 aromatic heterocycles. The molecule has 1 aromatic rings. The minimum atomic E-state index is 1.01. The zero-order chi connectivity index (χ0) is 8.97. The van der Waals surface area contributed by atoms with E-state index < -0.39 is 0 Å². The van der Waals surface area contributed by atoms with Crippen LogP contribution < -0.4 is 0 Å². The van der Waals surface area contributed by atoms with Gasteiger partial charge in [0.15, 0.2) is 0 Å². The SMILES string of the molecule is Cc1ccc(CCCN(C)C)o1. The molecule has 0 saturated heterocycles. The smallest absolute Gasteiger partial charge is 0.104 e. The van der Waals surface area contributed by atoms with Crippen LogP contribution in [0.2, 0.25) is 0 Å². The minimum Gasteiger partial charge on any atom is -0.466 e. The Labute approximate surface area is 74.2 Å². The molecule has 1 rings (SSSR count). The summed E-state index contributed by atoms with van der Waals surface area (Å²) in [6, 6.07) is 4.08. The molecule has 2 nitrogen and oxygen atoms in total. The number of aryl methyl sites for hydroxylation is 2. The predicted octanol–water partition coefficient (Wildman–Crippen LogP) is 2.08. The molecular formula is C10H17NO. The van der Waals surface area contributed by atoms with E-state index in [1.54, 1.807) is 0 Å². The second kappa shape index (κ2) is 4.31. The Morgan fingerprint density at radius 1 is 1.33 bits per heavy atom. The number of hydrogen-bond acceptors (Lipinski definition) is 2. The summed E-state index contributed by atoms with van der Waals surface area (Å²) in [5, 5.41) is 0. The highest BCUT2D eigenvalue weighted by molar-refractivity contribution is 5.05. The third-order valence-corrected chi connectivity index (χ3v) is 1.82. The van der Waals surface area contributed by atoms with E-state index in [-0.39, 0.29) is 0 Å².